The van der Waals surface area contributed by atoms with Crippen LogP contribution in [0.4, 0.5) is 19.0 Å². The van der Waals surface area contributed by atoms with Crippen molar-refractivity contribution < 1.29 is 18.3 Å². The lowest BCUT2D eigenvalue weighted by Crippen LogP contribution is -2.59. The van der Waals surface area contributed by atoms with Crippen LogP contribution < -0.4 is 16.4 Å². The quantitative estimate of drug-likeness (QED) is 0.360. The van der Waals surface area contributed by atoms with Gasteiger partial charge in [-0.05, 0) is 45.4 Å². The number of nitrogens with two attached hydrogens (primary N) is 1. The Hall–Kier alpha value is -3.11. The molecule has 3 heterocycles. The van der Waals surface area contributed by atoms with Gasteiger partial charge < -0.3 is 26.4 Å². The fourth-order valence-corrected chi connectivity index (χ4v) is 4.60. The number of rotatable bonds is 7. The number of alkyl halides is 3. The maximum Gasteiger partial charge on any atom is 0.412 e. The topological polar surface area (TPSA) is 98.8 Å². The Morgan fingerprint density at radius 3 is 2.50 bits per heavy atom. The molecule has 1 spiro atoms. The van der Waals surface area contributed by atoms with E-state index in [-0.39, 0.29) is 22.8 Å². The van der Waals surface area contributed by atoms with E-state index in [1.54, 1.807) is 38.1 Å². The SMILES string of the molecule is C=C1C=C(N2CC3(CCC3)C2)N=C(/C(=C\C=C/C)C(Nc2ncc(C)cc2CO)C(F)(F)F)N1.CC.CN. The van der Waals surface area contributed by atoms with Crippen LogP contribution in [-0.4, -0.2) is 53.2 Å². The maximum atomic E-state index is 14.4. The number of aryl methyl sites for hydroxylation is 1. The smallest absolute Gasteiger partial charge is 0.392 e. The van der Waals surface area contributed by atoms with Crippen LogP contribution in [0.1, 0.15) is 51.2 Å². The van der Waals surface area contributed by atoms with E-state index < -0.39 is 18.8 Å². The Morgan fingerprint density at radius 2 is 1.97 bits per heavy atom. The van der Waals surface area contributed by atoms with Crippen molar-refractivity contribution in [2.45, 2.75) is 65.8 Å². The highest BCUT2D eigenvalue weighted by atomic mass is 19.4. The number of hydrogen-bond donors (Lipinski definition) is 4. The number of pyridine rings is 1. The first-order valence-corrected chi connectivity index (χ1v) is 13.0. The Morgan fingerprint density at radius 1 is 1.32 bits per heavy atom. The number of anilines is 1. The van der Waals surface area contributed by atoms with Crippen LogP contribution in [0, 0.1) is 12.3 Å². The lowest BCUT2D eigenvalue weighted by atomic mass is 9.63. The van der Waals surface area contributed by atoms with Crippen molar-refractivity contribution in [3.63, 3.8) is 0 Å². The van der Waals surface area contributed by atoms with Crippen molar-refractivity contribution >= 4 is 11.7 Å². The summed E-state index contributed by atoms with van der Waals surface area (Å²) in [6.07, 6.45) is 6.77. The minimum Gasteiger partial charge on any atom is -0.392 e. The summed E-state index contributed by atoms with van der Waals surface area (Å²) in [5, 5.41) is 15.1. The van der Waals surface area contributed by atoms with Crippen LogP contribution >= 0.6 is 0 Å². The molecule has 0 bridgehead atoms. The van der Waals surface area contributed by atoms with Crippen LogP contribution in [0.15, 0.2) is 65.2 Å². The molecule has 3 aliphatic rings. The number of amidine groups is 1. The molecule has 1 saturated carbocycles. The molecular weight excluding hydrogens is 493 g/mol. The number of aliphatic hydroxyl groups excluding tert-OH is 1. The third-order valence-corrected chi connectivity index (χ3v) is 6.53. The van der Waals surface area contributed by atoms with Gasteiger partial charge in [-0.15, -0.1) is 0 Å². The molecule has 2 fully saturated rings. The maximum absolute atomic E-state index is 14.4. The van der Waals surface area contributed by atoms with Crippen molar-refractivity contribution in [2.75, 3.05) is 25.5 Å². The third kappa shape index (κ3) is 7.26. The minimum absolute atomic E-state index is 0.0255. The predicted octanol–water partition coefficient (Wildman–Crippen LogP) is 5.17. The second kappa shape index (κ2) is 13.6. The molecule has 4 rings (SSSR count). The highest BCUT2D eigenvalue weighted by molar-refractivity contribution is 6.02. The molecule has 210 valence electrons. The van der Waals surface area contributed by atoms with Crippen molar-refractivity contribution in [2.24, 2.45) is 16.1 Å². The monoisotopic (exact) mass is 534 g/mol. The zero-order valence-corrected chi connectivity index (χ0v) is 23.0. The summed E-state index contributed by atoms with van der Waals surface area (Å²) in [6, 6.07) is -0.505. The minimum atomic E-state index is -4.66. The normalized spacial score (nSPS) is 19.1. The summed E-state index contributed by atoms with van der Waals surface area (Å²) in [5.41, 5.74) is 6.26. The van der Waals surface area contributed by atoms with E-state index >= 15 is 0 Å². The second-order valence-electron chi connectivity index (χ2n) is 9.27. The van der Waals surface area contributed by atoms with E-state index in [4.69, 9.17) is 0 Å². The number of aliphatic hydroxyl groups is 1. The average molecular weight is 535 g/mol. The number of hydrogen-bond acceptors (Lipinski definition) is 7. The molecule has 1 saturated heterocycles. The van der Waals surface area contributed by atoms with E-state index in [2.05, 4.69) is 37.8 Å². The highest BCUT2D eigenvalue weighted by Crippen LogP contribution is 2.49. The van der Waals surface area contributed by atoms with Gasteiger partial charge in [-0.3, -0.25) is 0 Å². The Balaban J connectivity index is 0.00000121. The summed E-state index contributed by atoms with van der Waals surface area (Å²) in [4.78, 5) is 10.8. The first kappa shape index (κ1) is 31.1. The van der Waals surface area contributed by atoms with Crippen LogP contribution in [0.3, 0.4) is 0 Å². The molecule has 5 N–H and O–H groups in total. The fraction of sp³-hybridized carbons (Fsp3) is 0.500. The molecule has 0 aromatic carbocycles. The molecule has 38 heavy (non-hydrogen) atoms. The van der Waals surface area contributed by atoms with Gasteiger partial charge in [0.2, 0.25) is 0 Å². The highest BCUT2D eigenvalue weighted by Gasteiger charge is 2.49. The van der Waals surface area contributed by atoms with Crippen molar-refractivity contribution in [1.82, 2.24) is 15.2 Å². The summed E-state index contributed by atoms with van der Waals surface area (Å²) in [6.45, 7) is 12.7. The molecule has 7 nitrogen and oxygen atoms in total. The van der Waals surface area contributed by atoms with Crippen molar-refractivity contribution in [1.29, 1.82) is 0 Å². The summed E-state index contributed by atoms with van der Waals surface area (Å²) in [7, 11) is 1.50. The average Bonchev–Trinajstić information content (AvgIpc) is 2.84. The van der Waals surface area contributed by atoms with Gasteiger partial charge in [0.05, 0.1) is 6.61 Å². The van der Waals surface area contributed by atoms with Gasteiger partial charge in [-0.1, -0.05) is 45.1 Å². The number of aromatic nitrogens is 1. The van der Waals surface area contributed by atoms with Crippen molar-refractivity contribution in [3.05, 3.63) is 71.4 Å². The first-order chi connectivity index (χ1) is 18.1. The van der Waals surface area contributed by atoms with Crippen LogP contribution in [0.2, 0.25) is 0 Å². The lowest BCUT2D eigenvalue weighted by Gasteiger charge is -2.57. The van der Waals surface area contributed by atoms with Crippen LogP contribution in [0.5, 0.6) is 0 Å². The van der Waals surface area contributed by atoms with E-state index in [9.17, 15) is 18.3 Å². The molecule has 1 atom stereocenters. The molecule has 1 unspecified atom stereocenters. The molecule has 10 heteroatoms. The predicted molar refractivity (Wildman–Crippen MR) is 148 cm³/mol. The van der Waals surface area contributed by atoms with Gasteiger partial charge in [0, 0.05) is 47.6 Å². The second-order valence-corrected chi connectivity index (χ2v) is 9.27. The van der Waals surface area contributed by atoms with Gasteiger partial charge >= 0.3 is 6.18 Å². The Labute approximate surface area is 224 Å². The van der Waals surface area contributed by atoms with Crippen LogP contribution in [0.25, 0.3) is 0 Å². The van der Waals surface area contributed by atoms with Gasteiger partial charge in [0.25, 0.3) is 0 Å². The molecule has 0 amide bonds. The van der Waals surface area contributed by atoms with Gasteiger partial charge in [0.15, 0.2) is 6.04 Å². The van der Waals surface area contributed by atoms with Crippen LogP contribution in [-0.2, 0) is 6.61 Å². The third-order valence-electron chi connectivity index (χ3n) is 6.53. The number of nitrogens with zero attached hydrogens (tertiary/aromatic N) is 3. The molecule has 1 aromatic rings. The zero-order valence-electron chi connectivity index (χ0n) is 23.0. The Kier molecular flexibility index (Phi) is 11.1. The van der Waals surface area contributed by atoms with Crippen molar-refractivity contribution in [3.8, 4) is 0 Å². The number of allylic oxidation sites excluding steroid dienone is 4. The Bertz CT molecular complexity index is 1080. The molecule has 1 aliphatic carbocycles. The number of nitrogens with one attached hydrogen (secondary N) is 2. The number of halogens is 3. The number of likely N-dealkylation sites (tertiary alicyclic amines) is 1. The van der Waals surface area contributed by atoms with E-state index in [0.717, 1.165) is 18.7 Å². The van der Waals surface area contributed by atoms with Gasteiger partial charge in [-0.25, -0.2) is 9.98 Å². The fourth-order valence-electron chi connectivity index (χ4n) is 4.60. The summed E-state index contributed by atoms with van der Waals surface area (Å²) < 4.78 is 43.2. The molecule has 0 radical (unpaired) electrons. The summed E-state index contributed by atoms with van der Waals surface area (Å²) >= 11 is 0. The van der Waals surface area contributed by atoms with E-state index in [0.29, 0.717) is 16.9 Å². The molecule has 2 aliphatic heterocycles. The zero-order chi connectivity index (χ0) is 28.5. The molecular formula is C28H41F3N6O. The standard InChI is InChI=1S/C25H30F3N5O.C2H6.CH5N/c1-4-5-7-19(21(25(26,27)28)32-22-18(13-34)10-16(2)12-29-22)23-30-17(3)11-20(31-23)33-14-24(15-33)8-6-9-24;2*1-2/h4-5,7,10-12,21,34H,3,6,8-9,13-15H2,1-2H3,(H,29,32)(H,30,31);1-2H3;2H2,1H3/b5-4-,19-7-;;. The first-order valence-electron chi connectivity index (χ1n) is 13.0. The largest absolute Gasteiger partial charge is 0.412 e. The summed E-state index contributed by atoms with van der Waals surface area (Å²) in [5.74, 6) is 0.679. The molecule has 1 aromatic heterocycles. The van der Waals surface area contributed by atoms with Gasteiger partial charge in [0.1, 0.15) is 17.5 Å². The van der Waals surface area contributed by atoms with Gasteiger partial charge in [-0.2, -0.15) is 13.2 Å². The lowest BCUT2D eigenvalue weighted by molar-refractivity contribution is -0.133. The number of aliphatic imine (C=N–C) groups is 1. The van der Waals surface area contributed by atoms with E-state index in [1.165, 1.54) is 38.6 Å². The van der Waals surface area contributed by atoms with E-state index in [1.807, 2.05) is 13.8 Å².